The Labute approximate surface area is 192 Å². The number of amides is 1. The molecule has 1 fully saturated rings. The summed E-state index contributed by atoms with van der Waals surface area (Å²) in [6.45, 7) is 1.47. The first kappa shape index (κ1) is 21.2. The molecule has 170 valence electrons. The zero-order valence-electron chi connectivity index (χ0n) is 18.7. The highest BCUT2D eigenvalue weighted by atomic mass is 16.5. The van der Waals surface area contributed by atoms with E-state index in [-0.39, 0.29) is 18.0 Å². The highest BCUT2D eigenvalue weighted by Crippen LogP contribution is 2.38. The van der Waals surface area contributed by atoms with Gasteiger partial charge in [-0.1, -0.05) is 42.5 Å². The summed E-state index contributed by atoms with van der Waals surface area (Å²) in [4.78, 5) is 12.4. The van der Waals surface area contributed by atoms with Gasteiger partial charge in [-0.3, -0.25) is 4.79 Å². The Morgan fingerprint density at radius 2 is 1.79 bits per heavy atom. The van der Waals surface area contributed by atoms with Gasteiger partial charge in [0.1, 0.15) is 17.5 Å². The van der Waals surface area contributed by atoms with E-state index in [1.807, 2.05) is 12.1 Å². The van der Waals surface area contributed by atoms with Crippen LogP contribution in [0.2, 0.25) is 0 Å². The van der Waals surface area contributed by atoms with Crippen LogP contribution in [0.5, 0.6) is 11.5 Å². The highest BCUT2D eigenvalue weighted by molar-refractivity contribution is 5.88. The van der Waals surface area contributed by atoms with Crippen LogP contribution < -0.4 is 20.3 Å². The fraction of sp³-hybridized carbons (Fsp3) is 0.280. The number of benzene rings is 3. The summed E-state index contributed by atoms with van der Waals surface area (Å²) in [5, 5.41) is 8.28. The maximum atomic E-state index is 12.4. The maximum Gasteiger partial charge on any atom is 0.243 e. The molecular formula is C25H26N4O4. The van der Waals surface area contributed by atoms with Crippen molar-refractivity contribution in [3.8, 4) is 11.5 Å². The molecule has 2 heterocycles. The van der Waals surface area contributed by atoms with E-state index in [1.165, 1.54) is 28.3 Å². The smallest absolute Gasteiger partial charge is 0.243 e. The number of rotatable bonds is 5. The van der Waals surface area contributed by atoms with Gasteiger partial charge < -0.3 is 14.2 Å². The Morgan fingerprint density at radius 1 is 1.00 bits per heavy atom. The summed E-state index contributed by atoms with van der Waals surface area (Å²) in [6.07, 6.45) is -0.0125. The molecule has 1 amide bonds. The second-order valence-corrected chi connectivity index (χ2v) is 8.08. The van der Waals surface area contributed by atoms with Gasteiger partial charge in [0.15, 0.2) is 0 Å². The molecule has 2 aliphatic rings. The fourth-order valence-corrected chi connectivity index (χ4v) is 4.44. The molecule has 5 rings (SSSR count). The van der Waals surface area contributed by atoms with E-state index in [1.54, 1.807) is 32.4 Å². The van der Waals surface area contributed by atoms with Crippen molar-refractivity contribution in [1.29, 1.82) is 0 Å². The standard InChI is InChI=1S/C25H26N4O4/c1-15(30)29-25(20-13-17(31-2)11-12-23(20)32-3)33-24(28-29)22-14-21(26-27-22)19-10-6-8-16-7-4-5-9-18(16)19/h4-13,21-22,25-27H,14H2,1-3H3. The number of methoxy groups -OCH3 is 2. The van der Waals surface area contributed by atoms with E-state index in [9.17, 15) is 4.79 Å². The van der Waals surface area contributed by atoms with Crippen molar-refractivity contribution in [2.75, 3.05) is 14.2 Å². The molecule has 33 heavy (non-hydrogen) atoms. The first-order valence-corrected chi connectivity index (χ1v) is 10.8. The normalized spacial score (nSPS) is 22.2. The molecule has 8 heteroatoms. The van der Waals surface area contributed by atoms with Crippen LogP contribution in [-0.2, 0) is 9.53 Å². The zero-order chi connectivity index (χ0) is 22.9. The number of nitrogens with one attached hydrogen (secondary N) is 2. The van der Waals surface area contributed by atoms with Gasteiger partial charge in [-0.2, -0.15) is 5.01 Å². The quantitative estimate of drug-likeness (QED) is 0.622. The molecule has 3 aromatic rings. The van der Waals surface area contributed by atoms with Crippen LogP contribution in [-0.4, -0.2) is 37.1 Å². The number of fused-ring (bicyclic) bond motifs is 1. The molecule has 0 saturated carbocycles. The maximum absolute atomic E-state index is 12.4. The van der Waals surface area contributed by atoms with Crippen molar-refractivity contribution >= 4 is 22.6 Å². The van der Waals surface area contributed by atoms with Gasteiger partial charge in [-0.15, -0.1) is 5.10 Å². The fourth-order valence-electron chi connectivity index (χ4n) is 4.44. The summed E-state index contributed by atoms with van der Waals surface area (Å²) >= 11 is 0. The van der Waals surface area contributed by atoms with Crippen molar-refractivity contribution in [3.63, 3.8) is 0 Å². The summed E-state index contributed by atoms with van der Waals surface area (Å²) in [5.41, 5.74) is 8.54. The van der Waals surface area contributed by atoms with Crippen molar-refractivity contribution in [1.82, 2.24) is 15.9 Å². The zero-order valence-corrected chi connectivity index (χ0v) is 18.7. The Bertz CT molecular complexity index is 1220. The van der Waals surface area contributed by atoms with E-state index in [4.69, 9.17) is 14.2 Å². The number of hydrogen-bond donors (Lipinski definition) is 2. The van der Waals surface area contributed by atoms with Crippen molar-refractivity contribution in [3.05, 3.63) is 71.8 Å². The van der Waals surface area contributed by atoms with Gasteiger partial charge >= 0.3 is 0 Å². The second-order valence-electron chi connectivity index (χ2n) is 8.08. The molecule has 2 aliphatic heterocycles. The number of carbonyl (C=O) groups excluding carboxylic acids is 1. The lowest BCUT2D eigenvalue weighted by Crippen LogP contribution is -2.36. The Balaban J connectivity index is 1.41. The SMILES string of the molecule is COc1ccc(OC)c(C2OC(C3CC(c4cccc5ccccc45)NN3)=NN2C(C)=O)c1. The lowest BCUT2D eigenvalue weighted by molar-refractivity contribution is -0.135. The average Bonchev–Trinajstić information content (AvgIpc) is 3.51. The predicted octanol–water partition coefficient (Wildman–Crippen LogP) is 3.66. The number of hydrogen-bond acceptors (Lipinski definition) is 7. The molecule has 0 bridgehead atoms. The summed E-state index contributed by atoms with van der Waals surface area (Å²) < 4.78 is 17.1. The summed E-state index contributed by atoms with van der Waals surface area (Å²) in [5.74, 6) is 1.46. The molecule has 0 spiro atoms. The van der Waals surface area contributed by atoms with Gasteiger partial charge in [0, 0.05) is 13.0 Å². The Hall–Kier alpha value is -3.62. The number of ether oxygens (including phenoxy) is 3. The third-order valence-electron chi connectivity index (χ3n) is 6.09. The molecule has 2 N–H and O–H groups in total. The molecule has 8 nitrogen and oxygen atoms in total. The number of hydrazone groups is 1. The lowest BCUT2D eigenvalue weighted by Gasteiger charge is -2.22. The van der Waals surface area contributed by atoms with Crippen LogP contribution in [0.3, 0.4) is 0 Å². The first-order valence-electron chi connectivity index (χ1n) is 10.8. The van der Waals surface area contributed by atoms with E-state index in [2.05, 4.69) is 46.3 Å². The molecule has 1 saturated heterocycles. The van der Waals surface area contributed by atoms with Gasteiger partial charge in [0.25, 0.3) is 0 Å². The number of carbonyl (C=O) groups is 1. The van der Waals surface area contributed by atoms with Crippen LogP contribution >= 0.6 is 0 Å². The minimum absolute atomic E-state index is 0.0728. The van der Waals surface area contributed by atoms with Crippen LogP contribution in [0.1, 0.15) is 36.7 Å². The van der Waals surface area contributed by atoms with Crippen molar-refractivity contribution in [2.24, 2.45) is 5.10 Å². The Kier molecular flexibility index (Phi) is 5.62. The minimum Gasteiger partial charge on any atom is -0.497 e. The number of nitrogens with zero attached hydrogens (tertiary/aromatic N) is 2. The first-order chi connectivity index (χ1) is 16.1. The van der Waals surface area contributed by atoms with Gasteiger partial charge in [0.2, 0.25) is 18.0 Å². The molecule has 3 unspecified atom stereocenters. The molecule has 0 radical (unpaired) electrons. The third-order valence-corrected chi connectivity index (χ3v) is 6.09. The molecule has 0 aromatic heterocycles. The van der Waals surface area contributed by atoms with Gasteiger partial charge in [0.05, 0.1) is 19.8 Å². The van der Waals surface area contributed by atoms with Gasteiger partial charge in [-0.25, -0.2) is 10.9 Å². The molecule has 3 aromatic carbocycles. The summed E-state index contributed by atoms with van der Waals surface area (Å²) in [7, 11) is 3.17. The van der Waals surface area contributed by atoms with E-state index in [0.29, 0.717) is 23.0 Å². The van der Waals surface area contributed by atoms with Crippen LogP contribution in [0, 0.1) is 0 Å². The van der Waals surface area contributed by atoms with Crippen LogP contribution in [0.25, 0.3) is 10.8 Å². The average molecular weight is 447 g/mol. The minimum atomic E-state index is -0.735. The largest absolute Gasteiger partial charge is 0.497 e. The van der Waals surface area contributed by atoms with E-state index < -0.39 is 6.23 Å². The Morgan fingerprint density at radius 3 is 2.58 bits per heavy atom. The topological polar surface area (TPSA) is 84.4 Å². The predicted molar refractivity (Wildman–Crippen MR) is 125 cm³/mol. The van der Waals surface area contributed by atoms with Crippen molar-refractivity contribution < 1.29 is 19.0 Å². The van der Waals surface area contributed by atoms with Crippen molar-refractivity contribution in [2.45, 2.75) is 31.7 Å². The molecule has 0 aliphatic carbocycles. The summed E-state index contributed by atoms with van der Waals surface area (Å²) in [6, 6.07) is 19.9. The highest BCUT2D eigenvalue weighted by Gasteiger charge is 2.40. The van der Waals surface area contributed by atoms with E-state index in [0.717, 1.165) is 6.42 Å². The molecular weight excluding hydrogens is 420 g/mol. The third kappa shape index (κ3) is 3.88. The lowest BCUT2D eigenvalue weighted by atomic mass is 9.96. The van der Waals surface area contributed by atoms with Gasteiger partial charge in [-0.05, 0) is 41.0 Å². The monoisotopic (exact) mass is 446 g/mol. The molecule has 3 atom stereocenters. The van der Waals surface area contributed by atoms with Crippen LogP contribution in [0.15, 0.2) is 65.8 Å². The second kappa shape index (κ2) is 8.73. The van der Waals surface area contributed by atoms with Crippen LogP contribution in [0.4, 0.5) is 0 Å². The van der Waals surface area contributed by atoms with E-state index >= 15 is 0 Å². The number of hydrazine groups is 1.